The van der Waals surface area contributed by atoms with Crippen molar-refractivity contribution in [3.05, 3.63) is 59.9 Å². The molecule has 166 valence electrons. The largest absolute Gasteiger partial charge is 0.356 e. The van der Waals surface area contributed by atoms with Gasteiger partial charge in [-0.3, -0.25) is 4.99 Å². The number of rotatable bonds is 8. The van der Waals surface area contributed by atoms with Crippen LogP contribution in [0.5, 0.6) is 0 Å². The second-order valence-electron chi connectivity index (χ2n) is 7.40. The maximum atomic E-state index is 12.6. The van der Waals surface area contributed by atoms with E-state index in [-0.39, 0.29) is 0 Å². The summed E-state index contributed by atoms with van der Waals surface area (Å²) in [6.07, 6.45) is 0.896. The van der Waals surface area contributed by atoms with E-state index >= 15 is 0 Å². The second-order valence-corrected chi connectivity index (χ2v) is 9.52. The van der Waals surface area contributed by atoms with Crippen molar-refractivity contribution in [3.8, 4) is 0 Å². The van der Waals surface area contributed by atoms with E-state index in [1.54, 1.807) is 19.2 Å². The molecule has 0 aliphatic heterocycles. The first kappa shape index (κ1) is 22.8. The van der Waals surface area contributed by atoms with Gasteiger partial charge in [0.25, 0.3) is 0 Å². The Balaban J connectivity index is 1.56. The number of guanidine groups is 1. The molecule has 0 bridgehead atoms. The minimum absolute atomic E-state index is 0.297. The molecule has 0 aliphatic rings. The predicted molar refractivity (Wildman–Crippen MR) is 125 cm³/mol. The Labute approximate surface area is 184 Å². The Morgan fingerprint density at radius 3 is 2.55 bits per heavy atom. The van der Waals surface area contributed by atoms with Crippen LogP contribution < -0.4 is 10.6 Å². The van der Waals surface area contributed by atoms with E-state index in [1.807, 2.05) is 37.3 Å². The van der Waals surface area contributed by atoms with E-state index in [0.717, 1.165) is 36.4 Å². The zero-order chi connectivity index (χ0) is 22.4. The first-order valence-electron chi connectivity index (χ1n) is 10.2. The molecule has 3 aromatic rings. The fourth-order valence-electron chi connectivity index (χ4n) is 3.42. The van der Waals surface area contributed by atoms with Crippen molar-refractivity contribution in [2.45, 2.75) is 31.3 Å². The van der Waals surface area contributed by atoms with Crippen LogP contribution >= 0.6 is 0 Å². The van der Waals surface area contributed by atoms with Gasteiger partial charge in [0.1, 0.15) is 5.82 Å². The van der Waals surface area contributed by atoms with Crippen LogP contribution in [0.15, 0.2) is 58.4 Å². The lowest BCUT2D eigenvalue weighted by atomic mass is 10.2. The van der Waals surface area contributed by atoms with E-state index in [4.69, 9.17) is 0 Å². The Hall–Kier alpha value is -2.91. The van der Waals surface area contributed by atoms with Crippen LogP contribution in [0.1, 0.15) is 17.8 Å². The maximum Gasteiger partial charge on any atom is 0.242 e. The minimum Gasteiger partial charge on any atom is -0.356 e. The summed E-state index contributed by atoms with van der Waals surface area (Å²) in [4.78, 5) is 9.14. The van der Waals surface area contributed by atoms with Gasteiger partial charge < -0.3 is 15.2 Å². The number of hydrogen-bond acceptors (Lipinski definition) is 4. The number of nitrogens with one attached hydrogen (secondary N) is 2. The zero-order valence-electron chi connectivity index (χ0n) is 18.5. The molecule has 2 N–H and O–H groups in total. The fraction of sp³-hybridized carbons (Fsp3) is 0.364. The summed E-state index contributed by atoms with van der Waals surface area (Å²) in [6.45, 7) is 3.95. The first-order valence-corrected chi connectivity index (χ1v) is 11.7. The second kappa shape index (κ2) is 9.93. The molecule has 0 spiro atoms. The highest BCUT2D eigenvalue weighted by atomic mass is 32.2. The molecule has 31 heavy (non-hydrogen) atoms. The third-order valence-corrected chi connectivity index (χ3v) is 7.01. The number of aromatic nitrogens is 2. The third-order valence-electron chi connectivity index (χ3n) is 5.10. The summed E-state index contributed by atoms with van der Waals surface area (Å²) in [5, 5.41) is 6.50. The van der Waals surface area contributed by atoms with E-state index in [0.29, 0.717) is 23.0 Å². The van der Waals surface area contributed by atoms with Crippen LogP contribution in [0.2, 0.25) is 0 Å². The number of fused-ring (bicyclic) bond motifs is 1. The lowest BCUT2D eigenvalue weighted by Gasteiger charge is -2.17. The first-order chi connectivity index (χ1) is 14.8. The Morgan fingerprint density at radius 2 is 1.81 bits per heavy atom. The van der Waals surface area contributed by atoms with E-state index in [2.05, 4.69) is 31.2 Å². The van der Waals surface area contributed by atoms with Crippen molar-refractivity contribution < 1.29 is 8.42 Å². The van der Waals surface area contributed by atoms with Gasteiger partial charge in [0.2, 0.25) is 10.0 Å². The van der Waals surface area contributed by atoms with Crippen molar-refractivity contribution in [2.24, 2.45) is 4.99 Å². The van der Waals surface area contributed by atoms with Gasteiger partial charge in [0, 0.05) is 40.8 Å². The van der Waals surface area contributed by atoms with Crippen molar-refractivity contribution in [1.29, 1.82) is 0 Å². The molecule has 0 saturated carbocycles. The molecule has 0 saturated heterocycles. The quantitative estimate of drug-likeness (QED) is 0.317. The van der Waals surface area contributed by atoms with Gasteiger partial charge in [0.15, 0.2) is 5.96 Å². The summed E-state index contributed by atoms with van der Waals surface area (Å²) < 4.78 is 28.6. The van der Waals surface area contributed by atoms with Gasteiger partial charge in [-0.05, 0) is 37.1 Å². The molecule has 8 nitrogen and oxygen atoms in total. The molecule has 9 heteroatoms. The summed E-state index contributed by atoms with van der Waals surface area (Å²) in [7, 11) is 1.26. The molecule has 0 amide bonds. The molecular formula is C22H30N6O2S. The number of benzene rings is 2. The molecule has 0 atom stereocenters. The van der Waals surface area contributed by atoms with Crippen LogP contribution in [0.4, 0.5) is 0 Å². The molecular weight excluding hydrogens is 412 g/mol. The number of imidazole rings is 1. The average Bonchev–Trinajstić information content (AvgIpc) is 3.08. The van der Waals surface area contributed by atoms with Gasteiger partial charge >= 0.3 is 0 Å². The highest BCUT2D eigenvalue weighted by molar-refractivity contribution is 7.89. The number of para-hydroxylation sites is 2. The van der Waals surface area contributed by atoms with Crippen LogP contribution in [-0.2, 0) is 23.1 Å². The van der Waals surface area contributed by atoms with Gasteiger partial charge in [-0.2, -0.15) is 0 Å². The molecule has 1 heterocycles. The van der Waals surface area contributed by atoms with Crippen molar-refractivity contribution in [2.75, 3.05) is 27.7 Å². The smallest absolute Gasteiger partial charge is 0.242 e. The molecule has 0 aliphatic carbocycles. The summed E-state index contributed by atoms with van der Waals surface area (Å²) >= 11 is 0. The third kappa shape index (κ3) is 5.23. The van der Waals surface area contributed by atoms with Crippen LogP contribution in [-0.4, -0.2) is 55.9 Å². The number of hydrogen-bond donors (Lipinski definition) is 2. The van der Waals surface area contributed by atoms with Crippen LogP contribution in [0.3, 0.4) is 0 Å². The lowest BCUT2D eigenvalue weighted by Crippen LogP contribution is -2.38. The van der Waals surface area contributed by atoms with Gasteiger partial charge in [0.05, 0.1) is 15.9 Å². The van der Waals surface area contributed by atoms with Gasteiger partial charge in [-0.1, -0.05) is 30.3 Å². The van der Waals surface area contributed by atoms with Crippen molar-refractivity contribution in [3.63, 3.8) is 0 Å². The zero-order valence-corrected chi connectivity index (χ0v) is 19.3. The minimum atomic E-state index is -3.51. The molecule has 1 aromatic heterocycles. The SMILES string of the molecule is CN=C(NCCCn1c(C)nc2ccccc21)NCc1ccccc1S(=O)(=O)N(C)C. The molecule has 3 rings (SSSR count). The standard InChI is InChI=1S/C22H30N6O2S/c1-17-26-19-11-6-7-12-20(19)28(17)15-9-14-24-22(23-2)25-16-18-10-5-8-13-21(18)31(29,30)27(3)4/h5-8,10-13H,9,14-16H2,1-4H3,(H2,23,24,25). The summed E-state index contributed by atoms with van der Waals surface area (Å²) in [6, 6.07) is 15.1. The van der Waals surface area contributed by atoms with E-state index < -0.39 is 10.0 Å². The number of sulfonamides is 1. The van der Waals surface area contributed by atoms with Crippen LogP contribution in [0, 0.1) is 6.92 Å². The Bertz CT molecular complexity index is 1170. The molecule has 2 aromatic carbocycles. The monoisotopic (exact) mass is 442 g/mol. The summed E-state index contributed by atoms with van der Waals surface area (Å²) in [5.41, 5.74) is 2.85. The number of nitrogens with zero attached hydrogens (tertiary/aromatic N) is 4. The van der Waals surface area contributed by atoms with Crippen molar-refractivity contribution >= 4 is 27.0 Å². The van der Waals surface area contributed by atoms with Gasteiger partial charge in [-0.25, -0.2) is 17.7 Å². The fourth-order valence-corrected chi connectivity index (χ4v) is 4.54. The number of aliphatic imine (C=N–C) groups is 1. The average molecular weight is 443 g/mol. The normalized spacial score (nSPS) is 12.5. The number of aryl methyl sites for hydroxylation is 2. The Morgan fingerprint density at radius 1 is 1.10 bits per heavy atom. The topological polar surface area (TPSA) is 91.6 Å². The lowest BCUT2D eigenvalue weighted by molar-refractivity contribution is 0.519. The van der Waals surface area contributed by atoms with E-state index in [1.165, 1.54) is 18.4 Å². The summed E-state index contributed by atoms with van der Waals surface area (Å²) in [5.74, 6) is 1.63. The van der Waals surface area contributed by atoms with E-state index in [9.17, 15) is 8.42 Å². The predicted octanol–water partition coefficient (Wildman–Crippen LogP) is 2.35. The highest BCUT2D eigenvalue weighted by Gasteiger charge is 2.20. The molecule has 0 radical (unpaired) electrons. The highest BCUT2D eigenvalue weighted by Crippen LogP contribution is 2.18. The van der Waals surface area contributed by atoms with Crippen molar-refractivity contribution in [1.82, 2.24) is 24.5 Å². The molecule has 0 unspecified atom stereocenters. The Kier molecular flexibility index (Phi) is 7.29. The maximum absolute atomic E-state index is 12.6. The van der Waals surface area contributed by atoms with Gasteiger partial charge in [-0.15, -0.1) is 0 Å². The molecule has 0 fully saturated rings. The van der Waals surface area contributed by atoms with Crippen LogP contribution in [0.25, 0.3) is 11.0 Å².